The Morgan fingerprint density at radius 2 is 1.69 bits per heavy atom. The molecule has 0 bridgehead atoms. The molecule has 3 heterocycles. The Morgan fingerprint density at radius 3 is 2.44 bits per heavy atom. The summed E-state index contributed by atoms with van der Waals surface area (Å²) in [7, 11) is 5.77. The fraction of sp³-hybridized carbons (Fsp3) is 0.258. The molecular formula is C31H31N5O3. The lowest BCUT2D eigenvalue weighted by Crippen LogP contribution is -2.19. The van der Waals surface area contributed by atoms with Gasteiger partial charge in [0.05, 0.1) is 29.4 Å². The molecule has 0 atom stereocenters. The molecule has 198 valence electrons. The molecule has 8 nitrogen and oxygen atoms in total. The third kappa shape index (κ3) is 4.27. The van der Waals surface area contributed by atoms with Crippen molar-refractivity contribution in [1.29, 1.82) is 0 Å². The van der Waals surface area contributed by atoms with Crippen molar-refractivity contribution in [1.82, 2.24) is 25.0 Å². The SMILES string of the molecule is COc1cc2c(cc1-c1c(C)noc1C)[nH]c1nc(C)nc(-c3cccc4c(OCCN(C)C)cccc34)c12. The number of hydrogen-bond acceptors (Lipinski definition) is 7. The fourth-order valence-electron chi connectivity index (χ4n) is 5.31. The highest BCUT2D eigenvalue weighted by atomic mass is 16.5. The van der Waals surface area contributed by atoms with Crippen LogP contribution in [0.15, 0.2) is 53.1 Å². The van der Waals surface area contributed by atoms with Gasteiger partial charge in [0.2, 0.25) is 0 Å². The van der Waals surface area contributed by atoms with E-state index in [9.17, 15) is 0 Å². The zero-order valence-corrected chi connectivity index (χ0v) is 23.0. The minimum atomic E-state index is 0.614. The van der Waals surface area contributed by atoms with Crippen LogP contribution in [0.4, 0.5) is 0 Å². The maximum absolute atomic E-state index is 6.18. The molecule has 0 aliphatic carbocycles. The summed E-state index contributed by atoms with van der Waals surface area (Å²) in [5.41, 5.74) is 6.28. The van der Waals surface area contributed by atoms with Crippen molar-refractivity contribution >= 4 is 32.7 Å². The summed E-state index contributed by atoms with van der Waals surface area (Å²) in [6, 6.07) is 16.6. The van der Waals surface area contributed by atoms with E-state index in [-0.39, 0.29) is 0 Å². The molecule has 0 spiro atoms. The molecule has 6 aromatic rings. The first-order valence-electron chi connectivity index (χ1n) is 13.0. The Bertz CT molecular complexity index is 1830. The van der Waals surface area contributed by atoms with Gasteiger partial charge in [-0.2, -0.15) is 0 Å². The van der Waals surface area contributed by atoms with Crippen molar-refractivity contribution in [3.8, 4) is 33.9 Å². The van der Waals surface area contributed by atoms with Gasteiger partial charge in [-0.3, -0.25) is 0 Å². The van der Waals surface area contributed by atoms with E-state index in [1.54, 1.807) is 7.11 Å². The molecule has 0 saturated carbocycles. The predicted octanol–water partition coefficient (Wildman–Crippen LogP) is 6.46. The van der Waals surface area contributed by atoms with Gasteiger partial charge in [0.15, 0.2) is 0 Å². The van der Waals surface area contributed by atoms with Gasteiger partial charge in [0.25, 0.3) is 0 Å². The summed E-state index contributed by atoms with van der Waals surface area (Å²) in [5.74, 6) is 3.04. The van der Waals surface area contributed by atoms with Gasteiger partial charge < -0.3 is 23.9 Å². The number of benzene rings is 3. The summed E-state index contributed by atoms with van der Waals surface area (Å²) in [4.78, 5) is 15.4. The van der Waals surface area contributed by atoms with Gasteiger partial charge >= 0.3 is 0 Å². The molecule has 3 aromatic carbocycles. The second-order valence-electron chi connectivity index (χ2n) is 10.1. The van der Waals surface area contributed by atoms with Gasteiger partial charge in [-0.15, -0.1) is 0 Å². The molecule has 1 N–H and O–H groups in total. The van der Waals surface area contributed by atoms with Crippen LogP contribution in [0.3, 0.4) is 0 Å². The second kappa shape index (κ2) is 9.71. The smallest absolute Gasteiger partial charge is 0.142 e. The number of H-pyrrole nitrogens is 1. The summed E-state index contributed by atoms with van der Waals surface area (Å²) in [6.45, 7) is 7.23. The number of fused-ring (bicyclic) bond motifs is 4. The number of hydrogen-bond donors (Lipinski definition) is 1. The molecule has 0 saturated heterocycles. The number of likely N-dealkylation sites (N-methyl/N-ethyl adjacent to an activating group) is 1. The van der Waals surface area contributed by atoms with Crippen LogP contribution in [0.1, 0.15) is 17.3 Å². The lowest BCUT2D eigenvalue weighted by atomic mass is 9.97. The third-order valence-corrected chi connectivity index (χ3v) is 7.12. The molecule has 0 aliphatic heterocycles. The molecular weight excluding hydrogens is 490 g/mol. The predicted molar refractivity (Wildman–Crippen MR) is 155 cm³/mol. The molecule has 0 fully saturated rings. The lowest BCUT2D eigenvalue weighted by Gasteiger charge is -2.14. The Kier molecular flexibility index (Phi) is 6.19. The Morgan fingerprint density at radius 1 is 0.897 bits per heavy atom. The van der Waals surface area contributed by atoms with Crippen molar-refractivity contribution in [2.24, 2.45) is 0 Å². The van der Waals surface area contributed by atoms with Gasteiger partial charge in [-0.25, -0.2) is 9.97 Å². The van der Waals surface area contributed by atoms with E-state index in [2.05, 4.69) is 51.4 Å². The molecule has 0 amide bonds. The van der Waals surface area contributed by atoms with Crippen molar-refractivity contribution in [3.63, 3.8) is 0 Å². The molecule has 0 unspecified atom stereocenters. The molecule has 39 heavy (non-hydrogen) atoms. The summed E-state index contributed by atoms with van der Waals surface area (Å²) in [6.07, 6.45) is 0. The minimum absolute atomic E-state index is 0.614. The van der Waals surface area contributed by atoms with Crippen molar-refractivity contribution < 1.29 is 14.0 Å². The molecule has 6 rings (SSSR count). The zero-order chi connectivity index (χ0) is 27.3. The second-order valence-corrected chi connectivity index (χ2v) is 10.1. The number of aromatic amines is 1. The van der Waals surface area contributed by atoms with E-state index in [1.807, 2.05) is 47.0 Å². The van der Waals surface area contributed by atoms with Crippen LogP contribution in [0.2, 0.25) is 0 Å². The number of nitrogens with one attached hydrogen (secondary N) is 1. The van der Waals surface area contributed by atoms with Gasteiger partial charge in [0, 0.05) is 34.0 Å². The molecule has 3 aromatic heterocycles. The van der Waals surface area contributed by atoms with Crippen LogP contribution in [-0.2, 0) is 0 Å². The average Bonchev–Trinajstić information content (AvgIpc) is 3.44. The van der Waals surface area contributed by atoms with Crippen LogP contribution in [0, 0.1) is 20.8 Å². The molecule has 0 aliphatic rings. The van der Waals surface area contributed by atoms with Gasteiger partial charge in [-0.05, 0) is 58.5 Å². The van der Waals surface area contributed by atoms with E-state index >= 15 is 0 Å². The van der Waals surface area contributed by atoms with Crippen molar-refractivity contribution in [3.05, 3.63) is 65.8 Å². The van der Waals surface area contributed by atoms with E-state index < -0.39 is 0 Å². The first-order valence-corrected chi connectivity index (χ1v) is 13.0. The molecule has 0 radical (unpaired) electrons. The topological polar surface area (TPSA) is 89.3 Å². The standard InChI is InChI=1S/C31H31N5O3/c1-17-28(18(2)39-35-17)24-15-25-23(16-27(24)37-6)29-30(32-19(3)33-31(29)34-25)22-11-7-10-21-20(22)9-8-12-26(21)38-14-13-36(4)5/h7-12,15-16H,13-14H2,1-6H3,(H,32,33,34). The van der Waals surface area contributed by atoms with Crippen LogP contribution in [-0.4, -0.2) is 59.4 Å². The van der Waals surface area contributed by atoms with Crippen LogP contribution in [0.25, 0.3) is 55.1 Å². The number of methoxy groups -OCH3 is 1. The Labute approximate surface area is 226 Å². The fourth-order valence-corrected chi connectivity index (χ4v) is 5.31. The van der Waals surface area contributed by atoms with E-state index in [0.29, 0.717) is 12.4 Å². The lowest BCUT2D eigenvalue weighted by molar-refractivity contribution is 0.263. The van der Waals surface area contributed by atoms with Gasteiger partial charge in [0.1, 0.15) is 35.3 Å². The minimum Gasteiger partial charge on any atom is -0.496 e. The molecule has 8 heteroatoms. The van der Waals surface area contributed by atoms with Crippen LogP contribution in [0.5, 0.6) is 11.5 Å². The summed E-state index contributed by atoms with van der Waals surface area (Å²) >= 11 is 0. The quantitative estimate of drug-likeness (QED) is 0.258. The normalized spacial score (nSPS) is 11.8. The Hall–Kier alpha value is -4.43. The van der Waals surface area contributed by atoms with Crippen molar-refractivity contribution in [2.45, 2.75) is 20.8 Å². The van der Waals surface area contributed by atoms with Gasteiger partial charge in [-0.1, -0.05) is 35.5 Å². The largest absolute Gasteiger partial charge is 0.496 e. The number of nitrogens with zero attached hydrogens (tertiary/aromatic N) is 4. The van der Waals surface area contributed by atoms with E-state index in [0.717, 1.165) is 84.6 Å². The first-order chi connectivity index (χ1) is 18.9. The highest BCUT2D eigenvalue weighted by Gasteiger charge is 2.22. The Balaban J connectivity index is 1.58. The number of ether oxygens (including phenoxy) is 2. The van der Waals surface area contributed by atoms with Crippen molar-refractivity contribution in [2.75, 3.05) is 34.4 Å². The highest BCUT2D eigenvalue weighted by molar-refractivity contribution is 6.16. The summed E-state index contributed by atoms with van der Waals surface area (Å²) in [5, 5.41) is 8.21. The van der Waals surface area contributed by atoms with E-state index in [4.69, 9.17) is 24.0 Å². The highest BCUT2D eigenvalue weighted by Crippen LogP contribution is 2.42. The summed E-state index contributed by atoms with van der Waals surface area (Å²) < 4.78 is 17.5. The maximum atomic E-state index is 6.18. The third-order valence-electron chi connectivity index (χ3n) is 7.12. The maximum Gasteiger partial charge on any atom is 0.142 e. The monoisotopic (exact) mass is 521 g/mol. The first kappa shape index (κ1) is 24.9. The number of rotatable bonds is 7. The van der Waals surface area contributed by atoms with Crippen LogP contribution >= 0.6 is 0 Å². The van der Waals surface area contributed by atoms with E-state index in [1.165, 1.54) is 0 Å². The number of aromatic nitrogens is 4. The average molecular weight is 522 g/mol. The van der Waals surface area contributed by atoms with Crippen LogP contribution < -0.4 is 9.47 Å². The zero-order valence-electron chi connectivity index (χ0n) is 23.0. The number of aryl methyl sites for hydroxylation is 3.